The largest absolute Gasteiger partial charge is 0.489 e. The van der Waals surface area contributed by atoms with Crippen LogP contribution in [-0.2, 0) is 17.8 Å². The van der Waals surface area contributed by atoms with Gasteiger partial charge in [-0.2, -0.15) is 0 Å². The molecule has 0 aliphatic heterocycles. The van der Waals surface area contributed by atoms with Crippen molar-refractivity contribution in [1.82, 2.24) is 5.16 Å². The minimum absolute atomic E-state index is 0.0450. The van der Waals surface area contributed by atoms with Crippen LogP contribution >= 0.6 is 22.6 Å². The van der Waals surface area contributed by atoms with Crippen LogP contribution in [0.15, 0.2) is 53.1 Å². The second-order valence-electron chi connectivity index (χ2n) is 5.97. The number of hydrogen-bond acceptors (Lipinski definition) is 4. The lowest BCUT2D eigenvalue weighted by molar-refractivity contribution is -0.115. The van der Waals surface area contributed by atoms with E-state index in [4.69, 9.17) is 9.26 Å². The third-order valence-corrected chi connectivity index (χ3v) is 4.63. The van der Waals surface area contributed by atoms with Crippen LogP contribution in [0.5, 0.6) is 5.75 Å². The van der Waals surface area contributed by atoms with E-state index in [1.165, 1.54) is 0 Å². The number of hydrogen-bond donors (Lipinski definition) is 1. The van der Waals surface area contributed by atoms with Gasteiger partial charge in [0, 0.05) is 9.26 Å². The second kappa shape index (κ2) is 8.35. The molecule has 1 aromatic heterocycles. The summed E-state index contributed by atoms with van der Waals surface area (Å²) in [4.78, 5) is 12.2. The van der Waals surface area contributed by atoms with Gasteiger partial charge in [0.1, 0.15) is 18.1 Å². The summed E-state index contributed by atoms with van der Waals surface area (Å²) in [5, 5.41) is 6.82. The molecule has 0 bridgehead atoms. The summed E-state index contributed by atoms with van der Waals surface area (Å²) >= 11 is 2.22. The van der Waals surface area contributed by atoms with E-state index >= 15 is 0 Å². The summed E-state index contributed by atoms with van der Waals surface area (Å²) < 4.78 is 12.0. The minimum atomic E-state index is -0.0450. The first-order chi connectivity index (χ1) is 12.5. The number of amides is 1. The lowest BCUT2D eigenvalue weighted by Crippen LogP contribution is -2.14. The van der Waals surface area contributed by atoms with Gasteiger partial charge in [-0.1, -0.05) is 23.4 Å². The van der Waals surface area contributed by atoms with Crippen molar-refractivity contribution in [3.8, 4) is 5.75 Å². The summed E-state index contributed by atoms with van der Waals surface area (Å²) in [6.07, 6.45) is 0.315. The van der Waals surface area contributed by atoms with Gasteiger partial charge in [-0.05, 0) is 72.3 Å². The van der Waals surface area contributed by atoms with Gasteiger partial charge in [0.25, 0.3) is 0 Å². The van der Waals surface area contributed by atoms with Gasteiger partial charge in [-0.15, -0.1) is 0 Å². The van der Waals surface area contributed by atoms with Gasteiger partial charge in [-0.3, -0.25) is 4.79 Å². The normalized spacial score (nSPS) is 10.6. The number of anilines is 1. The molecule has 0 unspecified atom stereocenters. The number of aromatic nitrogens is 1. The standard InChI is InChI=1S/C20H19IN2O3/c1-13-19(14(2)26-23-13)12-25-18-8-6-15(7-9-18)10-20(24)22-17-5-3-4-16(21)11-17/h3-9,11H,10,12H2,1-2H3,(H,22,24). The zero-order valence-corrected chi connectivity index (χ0v) is 16.7. The van der Waals surface area contributed by atoms with E-state index in [0.717, 1.165) is 37.6 Å². The number of carbonyl (C=O) groups excluding carboxylic acids is 1. The number of carbonyl (C=O) groups is 1. The van der Waals surface area contributed by atoms with E-state index in [1.54, 1.807) is 0 Å². The number of rotatable bonds is 6. The molecule has 0 saturated carbocycles. The summed E-state index contributed by atoms with van der Waals surface area (Å²) in [5.41, 5.74) is 3.54. The van der Waals surface area contributed by atoms with Crippen molar-refractivity contribution in [1.29, 1.82) is 0 Å². The molecule has 1 N–H and O–H groups in total. The van der Waals surface area contributed by atoms with E-state index in [1.807, 2.05) is 62.4 Å². The molecule has 1 amide bonds. The molecule has 0 atom stereocenters. The highest BCUT2D eigenvalue weighted by Crippen LogP contribution is 2.18. The van der Waals surface area contributed by atoms with Crippen molar-refractivity contribution < 1.29 is 14.1 Å². The monoisotopic (exact) mass is 462 g/mol. The maximum atomic E-state index is 12.2. The summed E-state index contributed by atoms with van der Waals surface area (Å²) in [5.74, 6) is 1.47. The molecule has 3 aromatic rings. The predicted octanol–water partition coefficient (Wildman–Crippen LogP) is 4.66. The number of nitrogens with zero attached hydrogens (tertiary/aromatic N) is 1. The van der Waals surface area contributed by atoms with Crippen molar-refractivity contribution >= 4 is 34.2 Å². The fourth-order valence-electron chi connectivity index (χ4n) is 2.52. The lowest BCUT2D eigenvalue weighted by atomic mass is 10.1. The lowest BCUT2D eigenvalue weighted by Gasteiger charge is -2.08. The third-order valence-electron chi connectivity index (χ3n) is 3.96. The number of nitrogens with one attached hydrogen (secondary N) is 1. The molecule has 134 valence electrons. The SMILES string of the molecule is Cc1noc(C)c1COc1ccc(CC(=O)Nc2cccc(I)c2)cc1. The maximum absolute atomic E-state index is 12.2. The molecule has 2 aromatic carbocycles. The quantitative estimate of drug-likeness (QED) is 0.542. The van der Waals surface area contributed by atoms with Gasteiger partial charge < -0.3 is 14.6 Å². The molecule has 1 heterocycles. The van der Waals surface area contributed by atoms with Crippen LogP contribution < -0.4 is 10.1 Å². The van der Waals surface area contributed by atoms with Crippen LogP contribution in [-0.4, -0.2) is 11.1 Å². The van der Waals surface area contributed by atoms with Crippen LogP contribution in [0.3, 0.4) is 0 Å². The van der Waals surface area contributed by atoms with E-state index in [-0.39, 0.29) is 5.91 Å². The predicted molar refractivity (Wildman–Crippen MR) is 108 cm³/mol. The fraction of sp³-hybridized carbons (Fsp3) is 0.200. The first-order valence-electron chi connectivity index (χ1n) is 8.20. The van der Waals surface area contributed by atoms with Crippen molar-refractivity contribution in [2.45, 2.75) is 26.9 Å². The van der Waals surface area contributed by atoms with Gasteiger partial charge in [-0.25, -0.2) is 0 Å². The molecule has 0 aliphatic carbocycles. The van der Waals surface area contributed by atoms with E-state index in [9.17, 15) is 4.79 Å². The molecular weight excluding hydrogens is 443 g/mol. The Hall–Kier alpha value is -2.35. The molecule has 0 spiro atoms. The third kappa shape index (κ3) is 4.85. The van der Waals surface area contributed by atoms with Gasteiger partial charge in [0.2, 0.25) is 5.91 Å². The number of aryl methyl sites for hydroxylation is 2. The number of benzene rings is 2. The Labute approximate surface area is 165 Å². The van der Waals surface area contributed by atoms with Crippen molar-refractivity contribution in [2.24, 2.45) is 0 Å². The molecule has 6 heteroatoms. The highest BCUT2D eigenvalue weighted by Gasteiger charge is 2.10. The zero-order valence-electron chi connectivity index (χ0n) is 14.6. The molecule has 0 fully saturated rings. The Balaban J connectivity index is 1.55. The second-order valence-corrected chi connectivity index (χ2v) is 7.22. The number of halogens is 1. The molecule has 0 aliphatic rings. The van der Waals surface area contributed by atoms with Crippen LogP contribution in [0.25, 0.3) is 0 Å². The first-order valence-corrected chi connectivity index (χ1v) is 9.28. The Morgan fingerprint density at radius 2 is 1.96 bits per heavy atom. The topological polar surface area (TPSA) is 64.4 Å². The van der Waals surface area contributed by atoms with Gasteiger partial charge >= 0.3 is 0 Å². The highest BCUT2D eigenvalue weighted by molar-refractivity contribution is 14.1. The average molecular weight is 462 g/mol. The molecule has 0 saturated heterocycles. The van der Waals surface area contributed by atoms with Crippen molar-refractivity contribution in [3.05, 3.63) is 74.7 Å². The highest BCUT2D eigenvalue weighted by atomic mass is 127. The van der Waals surface area contributed by atoms with Crippen LogP contribution in [0.4, 0.5) is 5.69 Å². The summed E-state index contributed by atoms with van der Waals surface area (Å²) in [6, 6.07) is 15.3. The molecule has 26 heavy (non-hydrogen) atoms. The fourth-order valence-corrected chi connectivity index (χ4v) is 3.07. The van der Waals surface area contributed by atoms with E-state index < -0.39 is 0 Å². The zero-order chi connectivity index (χ0) is 18.5. The molecule has 5 nitrogen and oxygen atoms in total. The van der Waals surface area contributed by atoms with Crippen LogP contribution in [0, 0.1) is 17.4 Å². The van der Waals surface area contributed by atoms with E-state index in [0.29, 0.717) is 13.0 Å². The Bertz CT molecular complexity index is 884. The van der Waals surface area contributed by atoms with Gasteiger partial charge in [0.05, 0.1) is 17.7 Å². The van der Waals surface area contributed by atoms with Crippen LogP contribution in [0.2, 0.25) is 0 Å². The smallest absolute Gasteiger partial charge is 0.228 e. The molecular formula is C20H19IN2O3. The van der Waals surface area contributed by atoms with E-state index in [2.05, 4.69) is 33.1 Å². The van der Waals surface area contributed by atoms with Gasteiger partial charge in [0.15, 0.2) is 0 Å². The Morgan fingerprint density at radius 1 is 1.19 bits per heavy atom. The van der Waals surface area contributed by atoms with Crippen molar-refractivity contribution in [3.63, 3.8) is 0 Å². The Kier molecular flexibility index (Phi) is 5.92. The summed E-state index contributed by atoms with van der Waals surface area (Å²) in [7, 11) is 0. The maximum Gasteiger partial charge on any atom is 0.228 e. The average Bonchev–Trinajstić information content (AvgIpc) is 2.92. The number of ether oxygens (including phenoxy) is 1. The minimum Gasteiger partial charge on any atom is -0.489 e. The van der Waals surface area contributed by atoms with Crippen LogP contribution in [0.1, 0.15) is 22.6 Å². The van der Waals surface area contributed by atoms with Crippen molar-refractivity contribution in [2.75, 3.05) is 5.32 Å². The molecule has 0 radical (unpaired) electrons. The first kappa shape index (κ1) is 18.4. The Morgan fingerprint density at radius 3 is 2.62 bits per heavy atom. The molecule has 3 rings (SSSR count). The summed E-state index contributed by atoms with van der Waals surface area (Å²) in [6.45, 7) is 4.17.